The molecule has 0 aliphatic rings. The van der Waals surface area contributed by atoms with Crippen molar-refractivity contribution in [3.05, 3.63) is 452 Å². The minimum Gasteiger partial charge on any atom is -0.481 e. The zero-order valence-electron chi connectivity index (χ0n) is 77.1. The van der Waals surface area contributed by atoms with E-state index in [0.29, 0.717) is 17.6 Å². The monoisotopic (exact) mass is 2200 g/mol. The Hall–Kier alpha value is -9.57. The van der Waals surface area contributed by atoms with E-state index in [1.165, 1.54) is 146 Å². The van der Waals surface area contributed by atoms with Gasteiger partial charge in [0.25, 0.3) is 0 Å². The van der Waals surface area contributed by atoms with Crippen LogP contribution in [0.15, 0.2) is 447 Å². The zero-order chi connectivity index (χ0) is 92.7. The third kappa shape index (κ3) is 29.7. The number of ether oxygens (including phenoxy) is 3. The number of methoxy groups -OCH3 is 3. The summed E-state index contributed by atoms with van der Waals surface area (Å²) >= 11 is 10.5. The van der Waals surface area contributed by atoms with Gasteiger partial charge < -0.3 is 14.2 Å². The number of rotatable bonds is 27. The number of unbranched alkanes of at least 4 members (excludes halogenated alkanes) is 3. The molecule has 0 spiro atoms. The first-order chi connectivity index (χ1) is 66.0. The van der Waals surface area contributed by atoms with Gasteiger partial charge in [0.15, 0.2) is 0 Å². The van der Waals surface area contributed by atoms with Crippen LogP contribution in [0.25, 0.3) is 49.8 Å². The molecular formula is C117H112BrN3O3P4PdS5Sn. The first-order valence-electron chi connectivity index (χ1n) is 45.5. The van der Waals surface area contributed by atoms with Crippen LogP contribution in [0, 0.1) is 6.92 Å². The van der Waals surface area contributed by atoms with E-state index in [2.05, 4.69) is 476 Å². The molecule has 0 N–H and O–H groups in total. The number of pyridine rings is 3. The third-order valence-corrected chi connectivity index (χ3v) is 56.6. The average molecular weight is 2200 g/mol. The van der Waals surface area contributed by atoms with Gasteiger partial charge in [-0.25, -0.2) is 15.0 Å². The fourth-order valence-corrected chi connectivity index (χ4v) is 50.0. The van der Waals surface area contributed by atoms with Crippen LogP contribution in [-0.4, -0.2) is 54.7 Å². The minimum absolute atomic E-state index is 0. The number of aryl methyl sites for hydroxylation is 1. The van der Waals surface area contributed by atoms with E-state index < -0.39 is 50.1 Å². The van der Waals surface area contributed by atoms with Gasteiger partial charge in [-0.15, -0.1) is 45.3 Å². The molecule has 18 heteroatoms. The smallest absolute Gasteiger partial charge is 0.213 e. The number of fused-ring (bicyclic) bond motifs is 3. The van der Waals surface area contributed by atoms with E-state index in [1.807, 2.05) is 39.7 Å². The Morgan fingerprint density at radius 2 is 0.481 bits per heavy atom. The van der Waals surface area contributed by atoms with Crippen molar-refractivity contribution >= 4 is 219 Å². The molecule has 8 heterocycles. The van der Waals surface area contributed by atoms with Gasteiger partial charge in [-0.05, 0) is 142 Å². The van der Waals surface area contributed by atoms with Crippen LogP contribution in [0.4, 0.5) is 0 Å². The maximum absolute atomic E-state index is 5.23. The normalized spacial score (nSPS) is 10.8. The quantitative estimate of drug-likeness (QED) is 0.0378. The fourth-order valence-electron chi connectivity index (χ4n) is 15.6. The number of hydrogen-bond donors (Lipinski definition) is 0. The molecule has 0 aliphatic heterocycles. The van der Waals surface area contributed by atoms with Crippen molar-refractivity contribution in [1.29, 1.82) is 0 Å². The number of benzene rings is 12. The Bertz CT molecular complexity index is 5810. The molecule has 135 heavy (non-hydrogen) atoms. The van der Waals surface area contributed by atoms with E-state index in [4.69, 9.17) is 14.2 Å². The summed E-state index contributed by atoms with van der Waals surface area (Å²) in [7, 11) is 3.12. The molecule has 0 fully saturated rings. The number of halogens is 1. The summed E-state index contributed by atoms with van der Waals surface area (Å²) in [5, 5.41) is 20.3. The van der Waals surface area contributed by atoms with E-state index in [-0.39, 0.29) is 20.4 Å². The second-order valence-corrected chi connectivity index (χ2v) is 61.6. The maximum atomic E-state index is 5.23. The maximum Gasteiger partial charge on any atom is 0.213 e. The van der Waals surface area contributed by atoms with Gasteiger partial charge in [-0.2, -0.15) is 0 Å². The first kappa shape index (κ1) is 103. The number of hydrogen-bond acceptors (Lipinski definition) is 11. The molecule has 8 aromatic heterocycles. The Kier molecular flexibility index (Phi) is 42.0. The molecule has 12 aromatic carbocycles. The molecule has 0 radical (unpaired) electrons. The fraction of sp³-hybridized carbons (Fsp3) is 0.137. The summed E-state index contributed by atoms with van der Waals surface area (Å²) in [6.45, 7) is 9.35. The van der Waals surface area contributed by atoms with Gasteiger partial charge >= 0.3 is 129 Å². The second kappa shape index (κ2) is 55.1. The van der Waals surface area contributed by atoms with Crippen molar-refractivity contribution in [2.45, 2.75) is 79.5 Å². The largest absolute Gasteiger partial charge is 0.481 e. The van der Waals surface area contributed by atoms with Crippen LogP contribution in [-0.2, 0) is 20.4 Å². The summed E-state index contributed by atoms with van der Waals surface area (Å²) in [5.74, 6) is 1.95. The molecule has 0 unspecified atom stereocenters. The van der Waals surface area contributed by atoms with Crippen molar-refractivity contribution in [2.75, 3.05) is 21.3 Å². The van der Waals surface area contributed by atoms with E-state index >= 15 is 0 Å². The average Bonchev–Trinajstić information content (AvgIpc) is 1.73. The minimum atomic E-state index is -2.06. The molecule has 0 bridgehead atoms. The van der Waals surface area contributed by atoms with Crippen molar-refractivity contribution < 1.29 is 34.6 Å². The van der Waals surface area contributed by atoms with Crippen LogP contribution in [0.3, 0.4) is 0 Å². The van der Waals surface area contributed by atoms with Gasteiger partial charge in [-0.3, -0.25) is 0 Å². The topological polar surface area (TPSA) is 66.4 Å². The van der Waals surface area contributed by atoms with Gasteiger partial charge in [0.05, 0.1) is 39.2 Å². The van der Waals surface area contributed by atoms with Gasteiger partial charge in [0.1, 0.15) is 0 Å². The third-order valence-electron chi connectivity index (χ3n) is 22.3. The van der Waals surface area contributed by atoms with Crippen LogP contribution in [0.1, 0.15) is 64.2 Å². The van der Waals surface area contributed by atoms with Crippen LogP contribution in [0.5, 0.6) is 17.6 Å². The summed E-state index contributed by atoms with van der Waals surface area (Å²) in [5.41, 5.74) is 0. The Morgan fingerprint density at radius 1 is 0.259 bits per heavy atom. The molecule has 0 aliphatic carbocycles. The molecule has 0 amide bonds. The summed E-state index contributed by atoms with van der Waals surface area (Å²) < 4.78 is 26.8. The summed E-state index contributed by atoms with van der Waals surface area (Å²) in [6, 6.07) is 151. The van der Waals surface area contributed by atoms with Crippen molar-refractivity contribution in [3.63, 3.8) is 0 Å². The van der Waals surface area contributed by atoms with Crippen LogP contribution < -0.4 is 80.8 Å². The number of thiophene rings is 5. The molecule has 20 aromatic rings. The second-order valence-electron chi connectivity index (χ2n) is 31.6. The summed E-state index contributed by atoms with van der Waals surface area (Å²) in [6.07, 6.45) is 14.1. The van der Waals surface area contributed by atoms with Crippen molar-refractivity contribution in [1.82, 2.24) is 15.0 Å². The zero-order valence-corrected chi connectivity index (χ0v) is 90.8. The van der Waals surface area contributed by atoms with Crippen molar-refractivity contribution in [3.8, 4) is 37.1 Å². The van der Waals surface area contributed by atoms with E-state index in [0.717, 1.165) is 14.6 Å². The predicted molar refractivity (Wildman–Crippen MR) is 603 cm³/mol. The molecule has 0 saturated carbocycles. The van der Waals surface area contributed by atoms with Crippen LogP contribution in [0.2, 0.25) is 13.3 Å². The molecule has 0 atom stereocenters. The van der Waals surface area contributed by atoms with Gasteiger partial charge in [0, 0.05) is 92.9 Å². The van der Waals surface area contributed by atoms with Crippen molar-refractivity contribution in [2.24, 2.45) is 0 Å². The Morgan fingerprint density at radius 3 is 0.689 bits per heavy atom. The van der Waals surface area contributed by atoms with Gasteiger partial charge in [-0.1, -0.05) is 364 Å². The number of aromatic nitrogens is 3. The Balaban J connectivity index is 0.000000134. The van der Waals surface area contributed by atoms with E-state index in [1.54, 1.807) is 80.0 Å². The van der Waals surface area contributed by atoms with Crippen LogP contribution >= 0.6 is 104 Å². The van der Waals surface area contributed by atoms with E-state index in [9.17, 15) is 0 Å². The SMILES string of the molecule is CCC[CH2][Sn]([CH2]CCC)([CH2]CCC)[c]1ccc(C)s1.COc1cc2cc(-c3ccc(-c4cc5cc(OC)ncc5s4)s3)sc2cn1.COc1cc2cc(Br)sc2cn1.[Pd].c1ccc(P(c2ccccc2)c2ccccc2)cc1.c1ccc(P(c2ccccc2)c2ccccc2)cc1.c1ccc(P(c2ccccc2)c2ccccc2)cc1.c1ccc(P(c2ccccc2)c2ccccc2)cc1. The summed E-state index contributed by atoms with van der Waals surface area (Å²) in [4.78, 5) is 19.3. The molecular weight excluding hydrogens is 2080 g/mol. The number of nitrogens with zero attached hydrogens (tertiary/aromatic N) is 3. The molecule has 20 rings (SSSR count). The van der Waals surface area contributed by atoms with Gasteiger partial charge in [0.2, 0.25) is 17.6 Å². The molecule has 0 saturated heterocycles. The first-order valence-corrected chi connectivity index (χ1v) is 63.2. The standard InChI is InChI=1S/C20H14N2O2S3.4C18H15P.C8H6BrNOS.C5H5S.3C4H9.Pd.Sn/c1-23-19-7-11-5-15(26-17(11)9-21-19)13-3-4-14(25-13)16-6-12-8-20(24-2)22-10-18(12)27-16;4*1-4-10-16(11-5-1)19(17-12-6-2-7-13-17)18-14-8-3-9-15-18;1-11-8-3-5-2-7(9)12-6(5)4-10-8;1-5-3-2-4-6-5;3*1-3-4-2;;/h3-10H,1-2H3;4*1-15H;2-4H,1H3;2-3H,1H3;3*1,3-4H2,2H3;;. The molecule has 684 valence electrons. The Labute approximate surface area is 850 Å². The molecule has 6 nitrogen and oxygen atoms in total. The predicted octanol–water partition coefficient (Wildman–Crippen LogP) is 29.3.